The Kier molecular flexibility index (Phi) is 6.31. The maximum atomic E-state index is 12.4. The number of nitrogens with zero attached hydrogens (tertiary/aromatic N) is 3. The number of benzene rings is 2. The molecular formula is C24H26N4O3. The molecule has 4 rings (SSSR count). The molecule has 7 heteroatoms. The SMILES string of the molecule is CCOC(=O)c1cnc(N2CCc3ccccc32)nc1NCCc1ccc(OC)cc1. The Bertz CT molecular complexity index is 1050. The Morgan fingerprint density at radius 3 is 2.74 bits per heavy atom. The second-order valence-electron chi connectivity index (χ2n) is 7.21. The average molecular weight is 418 g/mol. The Hall–Kier alpha value is -3.61. The molecule has 0 saturated carbocycles. The van der Waals surface area contributed by atoms with E-state index in [0.717, 1.165) is 36.4 Å². The summed E-state index contributed by atoms with van der Waals surface area (Å²) in [6.07, 6.45) is 3.27. The van der Waals surface area contributed by atoms with E-state index in [4.69, 9.17) is 14.5 Å². The highest BCUT2D eigenvalue weighted by molar-refractivity contribution is 5.94. The molecular weight excluding hydrogens is 392 g/mol. The van der Waals surface area contributed by atoms with Crippen molar-refractivity contribution >= 4 is 23.4 Å². The van der Waals surface area contributed by atoms with Crippen LogP contribution in [0.25, 0.3) is 0 Å². The molecule has 0 aliphatic carbocycles. The number of carbonyl (C=O) groups is 1. The minimum absolute atomic E-state index is 0.297. The highest BCUT2D eigenvalue weighted by Crippen LogP contribution is 2.33. The molecule has 2 aromatic carbocycles. The van der Waals surface area contributed by atoms with Gasteiger partial charge in [0.05, 0.1) is 13.7 Å². The van der Waals surface area contributed by atoms with Gasteiger partial charge in [-0.15, -0.1) is 0 Å². The Labute approximate surface area is 182 Å². The number of anilines is 3. The molecule has 0 atom stereocenters. The number of ether oxygens (including phenoxy) is 2. The van der Waals surface area contributed by atoms with Crippen molar-refractivity contribution in [3.8, 4) is 5.75 Å². The van der Waals surface area contributed by atoms with Gasteiger partial charge >= 0.3 is 5.97 Å². The number of para-hydroxylation sites is 1. The van der Waals surface area contributed by atoms with Crippen molar-refractivity contribution in [3.05, 3.63) is 71.4 Å². The van der Waals surface area contributed by atoms with Gasteiger partial charge in [-0.3, -0.25) is 0 Å². The molecule has 0 fully saturated rings. The topological polar surface area (TPSA) is 76.6 Å². The number of rotatable bonds is 8. The predicted octanol–water partition coefficient (Wildman–Crippen LogP) is 4.01. The van der Waals surface area contributed by atoms with E-state index < -0.39 is 5.97 Å². The molecule has 1 aromatic heterocycles. The molecule has 3 aromatic rings. The van der Waals surface area contributed by atoms with Crippen LogP contribution in [-0.2, 0) is 17.6 Å². The summed E-state index contributed by atoms with van der Waals surface area (Å²) >= 11 is 0. The molecule has 0 amide bonds. The fourth-order valence-corrected chi connectivity index (χ4v) is 3.66. The number of hydrogen-bond acceptors (Lipinski definition) is 7. The van der Waals surface area contributed by atoms with Crippen molar-refractivity contribution in [1.29, 1.82) is 0 Å². The zero-order valence-electron chi connectivity index (χ0n) is 17.8. The number of fused-ring (bicyclic) bond motifs is 1. The van der Waals surface area contributed by atoms with Gasteiger partial charge in [-0.25, -0.2) is 9.78 Å². The quantitative estimate of drug-likeness (QED) is 0.554. The summed E-state index contributed by atoms with van der Waals surface area (Å²) < 4.78 is 10.4. The van der Waals surface area contributed by atoms with Crippen LogP contribution in [0.4, 0.5) is 17.5 Å². The first kappa shape index (κ1) is 20.7. The van der Waals surface area contributed by atoms with Gasteiger partial charge in [0.25, 0.3) is 0 Å². The van der Waals surface area contributed by atoms with Crippen LogP contribution in [0.1, 0.15) is 28.4 Å². The third-order valence-corrected chi connectivity index (χ3v) is 5.27. The number of nitrogens with one attached hydrogen (secondary N) is 1. The first-order valence-corrected chi connectivity index (χ1v) is 10.5. The van der Waals surface area contributed by atoms with Gasteiger partial charge in [0.1, 0.15) is 17.1 Å². The van der Waals surface area contributed by atoms with Gasteiger partial charge in [0.2, 0.25) is 5.95 Å². The zero-order chi connectivity index (χ0) is 21.6. The van der Waals surface area contributed by atoms with E-state index >= 15 is 0 Å². The van der Waals surface area contributed by atoms with Crippen LogP contribution in [0.3, 0.4) is 0 Å². The van der Waals surface area contributed by atoms with Crippen LogP contribution in [0.15, 0.2) is 54.7 Å². The van der Waals surface area contributed by atoms with E-state index in [9.17, 15) is 4.79 Å². The molecule has 0 spiro atoms. The second-order valence-corrected chi connectivity index (χ2v) is 7.21. The summed E-state index contributed by atoms with van der Waals surface area (Å²) in [4.78, 5) is 23.7. The fraction of sp³-hybridized carbons (Fsp3) is 0.292. The van der Waals surface area contributed by atoms with Crippen LogP contribution in [0.5, 0.6) is 5.75 Å². The molecule has 160 valence electrons. The van der Waals surface area contributed by atoms with Crippen LogP contribution >= 0.6 is 0 Å². The molecule has 1 aliphatic heterocycles. The summed E-state index contributed by atoms with van der Waals surface area (Å²) in [6.45, 7) is 3.51. The van der Waals surface area contributed by atoms with Crippen molar-refractivity contribution in [2.24, 2.45) is 0 Å². The predicted molar refractivity (Wildman–Crippen MR) is 120 cm³/mol. The number of esters is 1. The molecule has 1 aliphatic rings. The second kappa shape index (κ2) is 9.47. The number of methoxy groups -OCH3 is 1. The monoisotopic (exact) mass is 418 g/mol. The van der Waals surface area contributed by atoms with Crippen molar-refractivity contribution < 1.29 is 14.3 Å². The van der Waals surface area contributed by atoms with E-state index in [1.807, 2.05) is 36.4 Å². The van der Waals surface area contributed by atoms with Crippen molar-refractivity contribution in [1.82, 2.24) is 9.97 Å². The van der Waals surface area contributed by atoms with E-state index in [0.29, 0.717) is 30.5 Å². The molecule has 2 heterocycles. The number of carbonyl (C=O) groups excluding carboxylic acids is 1. The Morgan fingerprint density at radius 1 is 1.16 bits per heavy atom. The Balaban J connectivity index is 1.54. The lowest BCUT2D eigenvalue weighted by Gasteiger charge is -2.19. The third-order valence-electron chi connectivity index (χ3n) is 5.27. The molecule has 0 radical (unpaired) electrons. The summed E-state index contributed by atoms with van der Waals surface area (Å²) in [5.41, 5.74) is 3.88. The summed E-state index contributed by atoms with van der Waals surface area (Å²) in [7, 11) is 1.65. The number of aromatic nitrogens is 2. The third kappa shape index (κ3) is 4.60. The fourth-order valence-electron chi connectivity index (χ4n) is 3.66. The summed E-state index contributed by atoms with van der Waals surface area (Å²) in [6, 6.07) is 16.2. The van der Waals surface area contributed by atoms with Crippen LogP contribution in [0.2, 0.25) is 0 Å². The van der Waals surface area contributed by atoms with E-state index in [2.05, 4.69) is 27.3 Å². The average Bonchev–Trinajstić information content (AvgIpc) is 3.24. The lowest BCUT2D eigenvalue weighted by Crippen LogP contribution is -2.20. The lowest BCUT2D eigenvalue weighted by atomic mass is 10.1. The molecule has 31 heavy (non-hydrogen) atoms. The van der Waals surface area contributed by atoms with Gasteiger partial charge in [0.15, 0.2) is 0 Å². The van der Waals surface area contributed by atoms with Crippen molar-refractivity contribution in [3.63, 3.8) is 0 Å². The summed E-state index contributed by atoms with van der Waals surface area (Å²) in [5, 5.41) is 3.31. The molecule has 7 nitrogen and oxygen atoms in total. The minimum Gasteiger partial charge on any atom is -0.497 e. The van der Waals surface area contributed by atoms with Crippen LogP contribution < -0.4 is 15.0 Å². The highest BCUT2D eigenvalue weighted by atomic mass is 16.5. The molecule has 1 N–H and O–H groups in total. The maximum absolute atomic E-state index is 12.4. The smallest absolute Gasteiger partial charge is 0.343 e. The van der Waals surface area contributed by atoms with Gasteiger partial charge in [-0.2, -0.15) is 4.98 Å². The van der Waals surface area contributed by atoms with Crippen molar-refractivity contribution in [2.45, 2.75) is 19.8 Å². The van der Waals surface area contributed by atoms with Crippen LogP contribution in [0, 0.1) is 0 Å². The molecule has 0 unspecified atom stereocenters. The first-order chi connectivity index (χ1) is 15.2. The minimum atomic E-state index is -0.428. The maximum Gasteiger partial charge on any atom is 0.343 e. The van der Waals surface area contributed by atoms with Gasteiger partial charge in [-0.1, -0.05) is 30.3 Å². The first-order valence-electron chi connectivity index (χ1n) is 10.5. The van der Waals surface area contributed by atoms with Crippen molar-refractivity contribution in [2.75, 3.05) is 37.0 Å². The lowest BCUT2D eigenvalue weighted by molar-refractivity contribution is 0.0526. The number of hydrogen-bond donors (Lipinski definition) is 1. The Morgan fingerprint density at radius 2 is 1.97 bits per heavy atom. The largest absolute Gasteiger partial charge is 0.497 e. The normalized spacial score (nSPS) is 12.4. The van der Waals surface area contributed by atoms with Gasteiger partial charge in [-0.05, 0) is 49.1 Å². The van der Waals surface area contributed by atoms with E-state index in [1.165, 1.54) is 5.56 Å². The van der Waals surface area contributed by atoms with Crippen LogP contribution in [-0.4, -0.2) is 42.7 Å². The summed E-state index contributed by atoms with van der Waals surface area (Å²) in [5.74, 6) is 1.46. The highest BCUT2D eigenvalue weighted by Gasteiger charge is 2.24. The van der Waals surface area contributed by atoms with E-state index in [1.54, 1.807) is 20.2 Å². The van der Waals surface area contributed by atoms with Gasteiger partial charge < -0.3 is 19.7 Å². The molecule has 0 saturated heterocycles. The zero-order valence-corrected chi connectivity index (χ0v) is 17.8. The standard InChI is InChI=1S/C24H26N4O3/c1-3-31-23(29)20-16-26-24(28-15-13-18-6-4-5-7-21(18)28)27-22(20)25-14-12-17-8-10-19(30-2)11-9-17/h4-11,16H,3,12-15H2,1-2H3,(H,25,26,27). The van der Waals surface area contributed by atoms with Gasteiger partial charge in [0, 0.05) is 25.0 Å². The molecule has 0 bridgehead atoms. The van der Waals surface area contributed by atoms with E-state index in [-0.39, 0.29) is 0 Å².